The second-order valence-corrected chi connectivity index (χ2v) is 8.07. The molecule has 0 atom stereocenters. The molecule has 1 aromatic carbocycles. The quantitative estimate of drug-likeness (QED) is 0.543. The van der Waals surface area contributed by atoms with Gasteiger partial charge < -0.3 is 14.9 Å². The Hall–Kier alpha value is -1.30. The van der Waals surface area contributed by atoms with Crippen molar-refractivity contribution in [3.8, 4) is 11.5 Å². The monoisotopic (exact) mass is 306 g/mol. The Morgan fingerprint density at radius 1 is 1.09 bits per heavy atom. The van der Waals surface area contributed by atoms with E-state index in [2.05, 4.69) is 13.8 Å². The normalized spacial score (nSPS) is 46.0. The van der Waals surface area contributed by atoms with E-state index in [0.717, 1.165) is 31.7 Å². The van der Waals surface area contributed by atoms with Crippen molar-refractivity contribution in [3.63, 3.8) is 0 Å². The number of methoxy groups -OCH3 is 1. The van der Waals surface area contributed by atoms with Crippen LogP contribution in [0.5, 0.6) is 11.5 Å². The standard InChI is InChI=1S/C17H24N2O3/c1-16-7-18-9-17(2,15(16)21)10-19(8-16)14(18)11-5-4-6-12(22-3)13(11)20/h4-6,14-15,20-21H,7-10H2,1-3H3/p+2. The number of rotatable bonds is 2. The fourth-order valence-corrected chi connectivity index (χ4v) is 5.63. The van der Waals surface area contributed by atoms with Gasteiger partial charge in [-0.25, -0.2) is 0 Å². The highest BCUT2D eigenvalue weighted by Gasteiger charge is 2.68. The van der Waals surface area contributed by atoms with Crippen molar-refractivity contribution in [2.24, 2.45) is 10.8 Å². The molecule has 4 heterocycles. The summed E-state index contributed by atoms with van der Waals surface area (Å²) < 4.78 is 5.28. The Kier molecular flexibility index (Phi) is 2.84. The first-order chi connectivity index (χ1) is 10.4. The summed E-state index contributed by atoms with van der Waals surface area (Å²) >= 11 is 0. The van der Waals surface area contributed by atoms with E-state index < -0.39 is 0 Å². The summed E-state index contributed by atoms with van der Waals surface area (Å²) in [6.07, 6.45) is 0.0242. The van der Waals surface area contributed by atoms with E-state index in [1.165, 1.54) is 9.80 Å². The van der Waals surface area contributed by atoms with Crippen LogP contribution >= 0.6 is 0 Å². The number of phenolic OH excluding ortho intramolecular Hbond substituents is 1. The van der Waals surface area contributed by atoms with Gasteiger partial charge in [0.15, 0.2) is 11.5 Å². The Labute approximate surface area is 131 Å². The molecule has 4 aliphatic rings. The lowest BCUT2D eigenvalue weighted by atomic mass is 9.60. The summed E-state index contributed by atoms with van der Waals surface area (Å²) in [6.45, 7) is 8.30. The van der Waals surface area contributed by atoms with Gasteiger partial charge in [0.1, 0.15) is 5.56 Å². The maximum absolute atomic E-state index is 10.7. The largest absolute Gasteiger partial charge is 0.504 e. The third-order valence-electron chi connectivity index (χ3n) is 6.22. The number of phenols is 1. The summed E-state index contributed by atoms with van der Waals surface area (Å²) in [4.78, 5) is 2.96. The van der Waals surface area contributed by atoms with Gasteiger partial charge in [-0.1, -0.05) is 6.07 Å². The molecule has 120 valence electrons. The maximum atomic E-state index is 10.7. The summed E-state index contributed by atoms with van der Waals surface area (Å²) in [5.74, 6) is 0.822. The molecule has 22 heavy (non-hydrogen) atoms. The lowest BCUT2D eigenvalue weighted by molar-refractivity contribution is -1.19. The van der Waals surface area contributed by atoms with Crippen LogP contribution in [0, 0.1) is 10.8 Å². The molecule has 0 aliphatic carbocycles. The van der Waals surface area contributed by atoms with Crippen LogP contribution in [-0.4, -0.2) is 49.6 Å². The van der Waals surface area contributed by atoms with Gasteiger partial charge in [0.05, 0.1) is 50.2 Å². The second-order valence-electron chi connectivity index (χ2n) is 8.07. The van der Waals surface area contributed by atoms with E-state index in [4.69, 9.17) is 4.74 Å². The van der Waals surface area contributed by atoms with Crippen molar-refractivity contribution < 1.29 is 24.7 Å². The highest BCUT2D eigenvalue weighted by Crippen LogP contribution is 2.41. The van der Waals surface area contributed by atoms with Gasteiger partial charge in [0.25, 0.3) is 0 Å². The molecule has 5 heteroatoms. The van der Waals surface area contributed by atoms with E-state index in [9.17, 15) is 10.2 Å². The van der Waals surface area contributed by atoms with Crippen LogP contribution in [0.2, 0.25) is 0 Å². The van der Waals surface area contributed by atoms with Crippen LogP contribution in [0.25, 0.3) is 0 Å². The fourth-order valence-electron chi connectivity index (χ4n) is 5.63. The molecule has 0 saturated carbocycles. The maximum Gasteiger partial charge on any atom is 0.244 e. The number of aromatic hydroxyl groups is 1. The Morgan fingerprint density at radius 3 is 2.14 bits per heavy atom. The minimum absolute atomic E-state index is 0.0130. The molecule has 0 aromatic heterocycles. The predicted molar refractivity (Wildman–Crippen MR) is 81.0 cm³/mol. The molecule has 0 radical (unpaired) electrons. The smallest absolute Gasteiger partial charge is 0.244 e. The summed E-state index contributed by atoms with van der Waals surface area (Å²) in [7, 11) is 1.59. The summed E-state index contributed by atoms with van der Waals surface area (Å²) in [6, 6.07) is 5.78. The number of piperidine rings is 2. The van der Waals surface area contributed by atoms with Crippen molar-refractivity contribution in [2.45, 2.75) is 26.1 Å². The van der Waals surface area contributed by atoms with Gasteiger partial charge >= 0.3 is 0 Å². The number of hydrogen-bond acceptors (Lipinski definition) is 3. The molecule has 1 aromatic rings. The molecule has 0 unspecified atom stereocenters. The van der Waals surface area contributed by atoms with E-state index in [1.54, 1.807) is 13.2 Å². The van der Waals surface area contributed by atoms with Crippen LogP contribution in [0.1, 0.15) is 25.6 Å². The average Bonchev–Trinajstić information content (AvgIpc) is 2.45. The molecule has 4 fully saturated rings. The SMILES string of the molecule is COc1cccc(C2[NH+]3CC4(C)C[NH+]2CC(C)(C3)C4O)c1O. The first kappa shape index (κ1) is 14.3. The first-order valence-electron chi connectivity index (χ1n) is 8.11. The van der Waals surface area contributed by atoms with E-state index >= 15 is 0 Å². The molecular formula is C17H26N2O3+2. The van der Waals surface area contributed by atoms with Crippen LogP contribution in [0.15, 0.2) is 18.2 Å². The molecular weight excluding hydrogens is 280 g/mol. The predicted octanol–water partition coefficient (Wildman–Crippen LogP) is -1.42. The molecule has 0 spiro atoms. The number of hydrogen-bond donors (Lipinski definition) is 4. The van der Waals surface area contributed by atoms with Crippen molar-refractivity contribution >= 4 is 0 Å². The van der Waals surface area contributed by atoms with Gasteiger partial charge in [-0.15, -0.1) is 0 Å². The molecule has 4 saturated heterocycles. The number of aliphatic hydroxyl groups is 1. The fraction of sp³-hybridized carbons (Fsp3) is 0.647. The molecule has 4 bridgehead atoms. The minimum Gasteiger partial charge on any atom is -0.504 e. The van der Waals surface area contributed by atoms with Crippen molar-refractivity contribution in [3.05, 3.63) is 23.8 Å². The topological polar surface area (TPSA) is 58.6 Å². The van der Waals surface area contributed by atoms with Gasteiger partial charge in [-0.3, -0.25) is 9.80 Å². The Morgan fingerprint density at radius 2 is 1.64 bits per heavy atom. The number of para-hydroxylation sites is 1. The summed E-state index contributed by atoms with van der Waals surface area (Å²) in [5.41, 5.74) is 0.951. The molecule has 4 aliphatic heterocycles. The zero-order valence-corrected chi connectivity index (χ0v) is 13.5. The zero-order chi connectivity index (χ0) is 15.7. The van der Waals surface area contributed by atoms with E-state index in [0.29, 0.717) is 5.75 Å². The average molecular weight is 306 g/mol. The van der Waals surface area contributed by atoms with Crippen LogP contribution in [0.3, 0.4) is 0 Å². The number of quaternary nitrogens is 2. The van der Waals surface area contributed by atoms with Crippen molar-refractivity contribution in [2.75, 3.05) is 33.3 Å². The van der Waals surface area contributed by atoms with Gasteiger partial charge in [-0.2, -0.15) is 0 Å². The zero-order valence-electron chi connectivity index (χ0n) is 13.5. The van der Waals surface area contributed by atoms with Gasteiger partial charge in [0, 0.05) is 0 Å². The molecule has 5 rings (SSSR count). The first-order valence-corrected chi connectivity index (χ1v) is 8.11. The van der Waals surface area contributed by atoms with Gasteiger partial charge in [-0.05, 0) is 26.0 Å². The third kappa shape index (κ3) is 1.70. The van der Waals surface area contributed by atoms with E-state index in [1.807, 2.05) is 12.1 Å². The Balaban J connectivity index is 1.75. The van der Waals surface area contributed by atoms with Crippen LogP contribution in [-0.2, 0) is 0 Å². The molecule has 0 amide bonds. The number of nitrogens with one attached hydrogen (secondary N) is 2. The molecule has 4 N–H and O–H groups in total. The van der Waals surface area contributed by atoms with Crippen LogP contribution in [0.4, 0.5) is 0 Å². The van der Waals surface area contributed by atoms with Crippen LogP contribution < -0.4 is 14.5 Å². The van der Waals surface area contributed by atoms with E-state index in [-0.39, 0.29) is 28.8 Å². The lowest BCUT2D eigenvalue weighted by Crippen LogP contribution is -3.41. The highest BCUT2D eigenvalue weighted by molar-refractivity contribution is 5.45. The lowest BCUT2D eigenvalue weighted by Gasteiger charge is -2.62. The van der Waals surface area contributed by atoms with Crippen molar-refractivity contribution in [1.82, 2.24) is 0 Å². The Bertz CT molecular complexity index is 580. The minimum atomic E-state index is -0.215. The van der Waals surface area contributed by atoms with Gasteiger partial charge in [0.2, 0.25) is 6.17 Å². The second kappa shape index (κ2) is 4.37. The number of aliphatic hydroxyl groups excluding tert-OH is 1. The van der Waals surface area contributed by atoms with Crippen molar-refractivity contribution in [1.29, 1.82) is 0 Å². The number of ether oxygens (including phenoxy) is 1. The third-order valence-corrected chi connectivity index (χ3v) is 6.22. The highest BCUT2D eigenvalue weighted by atomic mass is 16.5. The summed E-state index contributed by atoms with van der Waals surface area (Å²) in [5, 5.41) is 21.3. The number of benzene rings is 1. The molecule has 5 nitrogen and oxygen atoms in total.